The van der Waals surface area contributed by atoms with Gasteiger partial charge in [0.15, 0.2) is 0 Å². The molecule has 0 radical (unpaired) electrons. The molecule has 0 saturated carbocycles. The molecule has 1 aromatic heterocycles. The van der Waals surface area contributed by atoms with Gasteiger partial charge in [0.2, 0.25) is 0 Å². The maximum atomic E-state index is 12.1. The predicted octanol–water partition coefficient (Wildman–Crippen LogP) is 2.80. The lowest BCUT2D eigenvalue weighted by atomic mass is 10.1. The van der Waals surface area contributed by atoms with E-state index in [0.29, 0.717) is 27.6 Å². The molecule has 1 heterocycles. The third kappa shape index (κ3) is 3.21. The van der Waals surface area contributed by atoms with Crippen LogP contribution >= 0.6 is 11.6 Å². The van der Waals surface area contributed by atoms with E-state index in [1.165, 1.54) is 6.26 Å². The molecule has 0 bridgehead atoms. The van der Waals surface area contributed by atoms with E-state index in [2.05, 4.69) is 17.2 Å². The minimum absolute atomic E-state index is 0.237. The number of benzene rings is 1. The Balaban J connectivity index is 2.29. The highest BCUT2D eigenvalue weighted by molar-refractivity contribution is 6.30. The number of halogens is 1. The maximum Gasteiger partial charge on any atom is 0.259 e. The van der Waals surface area contributed by atoms with Crippen LogP contribution in [0.4, 0.5) is 5.69 Å². The number of aryl methyl sites for hydroxylation is 1. The van der Waals surface area contributed by atoms with E-state index in [9.17, 15) is 4.79 Å². The minimum atomic E-state index is -0.255. The van der Waals surface area contributed by atoms with Crippen molar-refractivity contribution in [3.8, 4) is 11.8 Å². The number of carbonyl (C=O) groups excluding carboxylic acids is 1. The third-order valence-corrected chi connectivity index (χ3v) is 2.89. The molecule has 2 rings (SSSR count). The normalized spacial score (nSPS) is 9.75. The van der Waals surface area contributed by atoms with E-state index in [4.69, 9.17) is 21.8 Å². The fourth-order valence-corrected chi connectivity index (χ4v) is 1.86. The number of hydrogen-bond donors (Lipinski definition) is 2. The maximum absolute atomic E-state index is 12.1. The van der Waals surface area contributed by atoms with Crippen molar-refractivity contribution in [1.29, 1.82) is 0 Å². The lowest BCUT2D eigenvalue weighted by Gasteiger charge is -2.07. The molecule has 3 N–H and O–H groups in total. The Bertz CT molecular complexity index is 695. The summed E-state index contributed by atoms with van der Waals surface area (Å²) in [7, 11) is 0. The van der Waals surface area contributed by atoms with Crippen LogP contribution in [0, 0.1) is 18.8 Å². The molecule has 102 valence electrons. The molecule has 2 aromatic rings. The first-order valence-corrected chi connectivity index (χ1v) is 6.33. The first-order valence-electron chi connectivity index (χ1n) is 5.95. The fourth-order valence-electron chi connectivity index (χ4n) is 1.69. The SMILES string of the molecule is Cc1occc1C(=O)Nc1ccc(Cl)cc1C#CCN. The van der Waals surface area contributed by atoms with Crippen LogP contribution in [0.25, 0.3) is 0 Å². The smallest absolute Gasteiger partial charge is 0.259 e. The van der Waals surface area contributed by atoms with Gasteiger partial charge in [-0.3, -0.25) is 4.79 Å². The number of carbonyl (C=O) groups is 1. The Labute approximate surface area is 121 Å². The highest BCUT2D eigenvalue weighted by atomic mass is 35.5. The Hall–Kier alpha value is -2.22. The minimum Gasteiger partial charge on any atom is -0.469 e. The van der Waals surface area contributed by atoms with E-state index in [0.717, 1.165) is 0 Å². The molecular weight excluding hydrogens is 276 g/mol. The molecule has 0 fully saturated rings. The van der Waals surface area contributed by atoms with Crippen molar-refractivity contribution in [2.75, 3.05) is 11.9 Å². The molecule has 1 amide bonds. The molecule has 0 saturated heterocycles. The van der Waals surface area contributed by atoms with Crippen molar-refractivity contribution in [3.63, 3.8) is 0 Å². The summed E-state index contributed by atoms with van der Waals surface area (Å²) in [6, 6.07) is 6.69. The average molecular weight is 289 g/mol. The second-order valence-electron chi connectivity index (χ2n) is 4.04. The van der Waals surface area contributed by atoms with Gasteiger partial charge in [0, 0.05) is 10.6 Å². The zero-order valence-corrected chi connectivity index (χ0v) is 11.6. The summed E-state index contributed by atoms with van der Waals surface area (Å²) in [5.41, 5.74) is 7.05. The standard InChI is InChI=1S/C15H13ClN2O2/c1-10-13(6-8-20-10)15(19)18-14-5-4-12(16)9-11(14)3-2-7-17/h4-6,8-9H,7,17H2,1H3,(H,18,19). The Morgan fingerprint density at radius 1 is 1.45 bits per heavy atom. The molecule has 0 aliphatic carbocycles. The van der Waals surface area contributed by atoms with E-state index >= 15 is 0 Å². The van der Waals surface area contributed by atoms with Crippen molar-refractivity contribution in [1.82, 2.24) is 0 Å². The van der Waals surface area contributed by atoms with Gasteiger partial charge in [0.25, 0.3) is 5.91 Å². The first kappa shape index (κ1) is 14.2. The Kier molecular flexibility index (Phi) is 4.46. The summed E-state index contributed by atoms with van der Waals surface area (Å²) in [6.45, 7) is 1.96. The lowest BCUT2D eigenvalue weighted by molar-refractivity contribution is 0.102. The molecule has 20 heavy (non-hydrogen) atoms. The van der Waals surface area contributed by atoms with Crippen LogP contribution in [0.2, 0.25) is 5.02 Å². The van der Waals surface area contributed by atoms with Gasteiger partial charge in [-0.2, -0.15) is 0 Å². The van der Waals surface area contributed by atoms with Crippen molar-refractivity contribution in [2.24, 2.45) is 5.73 Å². The quantitative estimate of drug-likeness (QED) is 0.835. The summed E-state index contributed by atoms with van der Waals surface area (Å²) < 4.78 is 5.11. The number of rotatable bonds is 2. The van der Waals surface area contributed by atoms with Crippen molar-refractivity contribution in [2.45, 2.75) is 6.92 Å². The summed E-state index contributed by atoms with van der Waals surface area (Å²) >= 11 is 5.93. The molecule has 0 spiro atoms. The number of furan rings is 1. The van der Waals surface area contributed by atoms with E-state index in [1.807, 2.05) is 0 Å². The van der Waals surface area contributed by atoms with E-state index in [1.54, 1.807) is 31.2 Å². The second-order valence-corrected chi connectivity index (χ2v) is 4.48. The second kappa shape index (κ2) is 6.29. The number of nitrogens with one attached hydrogen (secondary N) is 1. The van der Waals surface area contributed by atoms with Crippen LogP contribution < -0.4 is 11.1 Å². The van der Waals surface area contributed by atoms with Crippen LogP contribution in [0.1, 0.15) is 21.7 Å². The summed E-state index contributed by atoms with van der Waals surface area (Å²) in [4.78, 5) is 12.1. The van der Waals surface area contributed by atoms with Gasteiger partial charge in [-0.1, -0.05) is 23.4 Å². The lowest BCUT2D eigenvalue weighted by Crippen LogP contribution is -2.13. The zero-order chi connectivity index (χ0) is 14.5. The topological polar surface area (TPSA) is 68.3 Å². The first-order chi connectivity index (χ1) is 9.61. The molecular formula is C15H13ClN2O2. The molecule has 0 unspecified atom stereocenters. The number of anilines is 1. The van der Waals surface area contributed by atoms with Crippen LogP contribution in [0.5, 0.6) is 0 Å². The van der Waals surface area contributed by atoms with Crippen LogP contribution in [-0.2, 0) is 0 Å². The van der Waals surface area contributed by atoms with Gasteiger partial charge in [0.05, 0.1) is 24.1 Å². The van der Waals surface area contributed by atoms with Crippen LogP contribution in [-0.4, -0.2) is 12.5 Å². The van der Waals surface area contributed by atoms with Gasteiger partial charge in [0.1, 0.15) is 5.76 Å². The molecule has 0 atom stereocenters. The van der Waals surface area contributed by atoms with Gasteiger partial charge < -0.3 is 15.5 Å². The summed E-state index contributed by atoms with van der Waals surface area (Å²) in [6.07, 6.45) is 1.47. The van der Waals surface area contributed by atoms with E-state index < -0.39 is 0 Å². The van der Waals surface area contributed by atoms with E-state index in [-0.39, 0.29) is 12.5 Å². The summed E-state index contributed by atoms with van der Waals surface area (Å²) in [5.74, 6) is 5.93. The van der Waals surface area contributed by atoms with Gasteiger partial charge in [-0.25, -0.2) is 0 Å². The highest BCUT2D eigenvalue weighted by Gasteiger charge is 2.13. The highest BCUT2D eigenvalue weighted by Crippen LogP contribution is 2.21. The Morgan fingerprint density at radius 2 is 2.25 bits per heavy atom. The van der Waals surface area contributed by atoms with Crippen molar-refractivity contribution in [3.05, 3.63) is 52.4 Å². The number of nitrogens with two attached hydrogens (primary N) is 1. The van der Waals surface area contributed by atoms with Crippen molar-refractivity contribution >= 4 is 23.2 Å². The molecule has 1 aromatic carbocycles. The Morgan fingerprint density at radius 3 is 2.90 bits per heavy atom. The monoisotopic (exact) mass is 288 g/mol. The predicted molar refractivity (Wildman–Crippen MR) is 78.8 cm³/mol. The summed E-state index contributed by atoms with van der Waals surface area (Å²) in [5, 5.41) is 3.33. The van der Waals surface area contributed by atoms with Crippen LogP contribution in [0.15, 0.2) is 34.9 Å². The van der Waals surface area contributed by atoms with Gasteiger partial charge in [-0.05, 0) is 31.2 Å². The largest absolute Gasteiger partial charge is 0.469 e. The van der Waals surface area contributed by atoms with Gasteiger partial charge >= 0.3 is 0 Å². The number of amides is 1. The molecule has 0 aliphatic rings. The zero-order valence-electron chi connectivity index (χ0n) is 10.9. The van der Waals surface area contributed by atoms with Crippen molar-refractivity contribution < 1.29 is 9.21 Å². The third-order valence-electron chi connectivity index (χ3n) is 2.66. The fraction of sp³-hybridized carbons (Fsp3) is 0.133. The van der Waals surface area contributed by atoms with Gasteiger partial charge in [-0.15, -0.1) is 0 Å². The van der Waals surface area contributed by atoms with Crippen LogP contribution in [0.3, 0.4) is 0 Å². The average Bonchev–Trinajstić information content (AvgIpc) is 2.85. The molecule has 4 nitrogen and oxygen atoms in total. The molecule has 0 aliphatic heterocycles. The molecule has 5 heteroatoms. The number of hydrogen-bond acceptors (Lipinski definition) is 3.